The van der Waals surface area contributed by atoms with Crippen LogP contribution in [0, 0.1) is 5.41 Å². The van der Waals surface area contributed by atoms with Gasteiger partial charge in [0, 0.05) is 0 Å². The summed E-state index contributed by atoms with van der Waals surface area (Å²) in [7, 11) is -3.93. The van der Waals surface area contributed by atoms with Gasteiger partial charge >= 0.3 is 10.1 Å². The van der Waals surface area contributed by atoms with E-state index in [0.717, 1.165) is 0 Å². The first-order chi connectivity index (χ1) is 7.71. The van der Waals surface area contributed by atoms with E-state index in [1.54, 1.807) is 18.2 Å². The highest BCUT2D eigenvalue weighted by Gasteiger charge is 2.23. The average Bonchev–Trinajstić information content (AvgIpc) is 2.15. The molecule has 0 amide bonds. The SMILES string of the molecule is CC(C)(C)CS(=O)OS(=O)(=O)c1ccccc1. The minimum Gasteiger partial charge on any atom is -0.229 e. The summed E-state index contributed by atoms with van der Waals surface area (Å²) in [6.07, 6.45) is 0. The normalized spacial score (nSPS) is 14.5. The molecule has 1 atom stereocenters. The van der Waals surface area contributed by atoms with Gasteiger partial charge in [0.15, 0.2) is 11.1 Å². The maximum absolute atomic E-state index is 11.7. The van der Waals surface area contributed by atoms with E-state index in [2.05, 4.69) is 3.63 Å². The second-order valence-corrected chi connectivity index (χ2v) is 7.66. The number of hydrogen-bond acceptors (Lipinski definition) is 4. The fourth-order valence-electron chi connectivity index (χ4n) is 1.10. The maximum atomic E-state index is 11.7. The highest BCUT2D eigenvalue weighted by atomic mass is 32.3. The molecule has 1 unspecified atom stereocenters. The summed E-state index contributed by atoms with van der Waals surface area (Å²) in [4.78, 5) is 0.0160. The Balaban J connectivity index is 2.79. The Bertz CT molecular complexity index is 486. The van der Waals surface area contributed by atoms with Crippen molar-refractivity contribution in [2.24, 2.45) is 5.41 Å². The fraction of sp³-hybridized carbons (Fsp3) is 0.455. The van der Waals surface area contributed by atoms with E-state index in [1.807, 2.05) is 20.8 Å². The summed E-state index contributed by atoms with van der Waals surface area (Å²) in [6, 6.07) is 7.68. The lowest BCUT2D eigenvalue weighted by atomic mass is 10.0. The molecular formula is C11H16O4S2. The molecule has 1 aromatic carbocycles. The lowest BCUT2D eigenvalue weighted by Crippen LogP contribution is -2.20. The minimum atomic E-state index is -3.93. The van der Waals surface area contributed by atoms with Crippen molar-refractivity contribution >= 4 is 21.2 Å². The molecule has 96 valence electrons. The predicted octanol–water partition coefficient (Wildman–Crippen LogP) is 2.10. The maximum Gasteiger partial charge on any atom is 0.309 e. The monoisotopic (exact) mass is 276 g/mol. The van der Waals surface area contributed by atoms with Crippen molar-refractivity contribution in [1.82, 2.24) is 0 Å². The van der Waals surface area contributed by atoms with Crippen molar-refractivity contribution in [2.45, 2.75) is 25.7 Å². The molecule has 0 bridgehead atoms. The molecular weight excluding hydrogens is 260 g/mol. The second-order valence-electron chi connectivity index (χ2n) is 4.84. The van der Waals surface area contributed by atoms with Gasteiger partial charge in [0.1, 0.15) is 0 Å². The van der Waals surface area contributed by atoms with Crippen LogP contribution >= 0.6 is 0 Å². The molecule has 0 spiro atoms. The molecule has 4 nitrogen and oxygen atoms in total. The van der Waals surface area contributed by atoms with Gasteiger partial charge in [-0.3, -0.25) is 0 Å². The van der Waals surface area contributed by atoms with Crippen LogP contribution in [0.4, 0.5) is 0 Å². The first-order valence-electron chi connectivity index (χ1n) is 5.09. The van der Waals surface area contributed by atoms with Gasteiger partial charge in [-0.25, -0.2) is 4.21 Å². The largest absolute Gasteiger partial charge is 0.309 e. The summed E-state index contributed by atoms with van der Waals surface area (Å²) in [5, 5.41) is 0. The van der Waals surface area contributed by atoms with Crippen molar-refractivity contribution in [3.8, 4) is 0 Å². The van der Waals surface area contributed by atoms with E-state index in [4.69, 9.17) is 0 Å². The summed E-state index contributed by atoms with van der Waals surface area (Å²) < 4.78 is 39.6. The van der Waals surface area contributed by atoms with Gasteiger partial charge in [-0.15, -0.1) is 0 Å². The van der Waals surface area contributed by atoms with Gasteiger partial charge in [0.25, 0.3) is 0 Å². The van der Waals surface area contributed by atoms with Crippen LogP contribution in [0.1, 0.15) is 20.8 Å². The molecule has 17 heavy (non-hydrogen) atoms. The van der Waals surface area contributed by atoms with Crippen LogP contribution in [0.5, 0.6) is 0 Å². The zero-order valence-corrected chi connectivity index (χ0v) is 11.7. The quantitative estimate of drug-likeness (QED) is 0.845. The topological polar surface area (TPSA) is 60.4 Å². The molecule has 0 radical (unpaired) electrons. The molecule has 0 aromatic heterocycles. The lowest BCUT2D eigenvalue weighted by Gasteiger charge is -2.16. The molecule has 0 saturated heterocycles. The number of benzene rings is 1. The van der Waals surface area contributed by atoms with Crippen LogP contribution in [0.2, 0.25) is 0 Å². The van der Waals surface area contributed by atoms with Gasteiger partial charge < -0.3 is 0 Å². The zero-order chi connectivity index (χ0) is 13.1. The Morgan fingerprint density at radius 1 is 1.18 bits per heavy atom. The Labute approximate surface area is 105 Å². The van der Waals surface area contributed by atoms with Gasteiger partial charge in [-0.1, -0.05) is 39.0 Å². The lowest BCUT2D eigenvalue weighted by molar-refractivity contribution is 0.450. The van der Waals surface area contributed by atoms with E-state index in [-0.39, 0.29) is 16.1 Å². The van der Waals surface area contributed by atoms with Crippen LogP contribution in [0.3, 0.4) is 0 Å². The smallest absolute Gasteiger partial charge is 0.229 e. The van der Waals surface area contributed by atoms with Crippen LogP contribution < -0.4 is 0 Å². The zero-order valence-electron chi connectivity index (χ0n) is 10.0. The van der Waals surface area contributed by atoms with Gasteiger partial charge in [-0.05, 0) is 17.5 Å². The molecule has 6 heteroatoms. The molecule has 0 aliphatic carbocycles. The van der Waals surface area contributed by atoms with Gasteiger partial charge in [0.2, 0.25) is 0 Å². The third kappa shape index (κ3) is 4.97. The Morgan fingerprint density at radius 2 is 1.71 bits per heavy atom. The van der Waals surface area contributed by atoms with Gasteiger partial charge in [-0.2, -0.15) is 12.0 Å². The average molecular weight is 276 g/mol. The molecule has 0 N–H and O–H groups in total. The third-order valence-electron chi connectivity index (χ3n) is 1.75. The highest BCUT2D eigenvalue weighted by molar-refractivity contribution is 7.97. The molecule has 0 fully saturated rings. The van der Waals surface area contributed by atoms with E-state index >= 15 is 0 Å². The van der Waals surface area contributed by atoms with Crippen molar-refractivity contribution < 1.29 is 16.3 Å². The molecule has 1 aromatic rings. The summed E-state index contributed by atoms with van der Waals surface area (Å²) in [6.45, 7) is 5.59. The fourth-order valence-corrected chi connectivity index (χ4v) is 3.61. The summed E-state index contributed by atoms with van der Waals surface area (Å²) >= 11 is -1.85. The molecule has 1 rings (SSSR count). The van der Waals surface area contributed by atoms with Gasteiger partial charge in [0.05, 0.1) is 10.6 Å². The molecule has 0 saturated carbocycles. The standard InChI is InChI=1S/C11H16O4S2/c1-11(2,3)9-16(12)15-17(13,14)10-7-5-4-6-8-10/h4-8H,9H2,1-3H3. The third-order valence-corrected chi connectivity index (χ3v) is 5.02. The van der Waals surface area contributed by atoms with Crippen molar-refractivity contribution in [1.29, 1.82) is 0 Å². The van der Waals surface area contributed by atoms with E-state index < -0.39 is 21.2 Å². The number of rotatable bonds is 4. The van der Waals surface area contributed by atoms with E-state index in [0.29, 0.717) is 0 Å². The summed E-state index contributed by atoms with van der Waals surface area (Å²) in [5.74, 6) is 0.166. The number of hydrogen-bond donors (Lipinski definition) is 0. The Kier molecular flexibility index (Phi) is 4.46. The van der Waals surface area contributed by atoms with E-state index in [1.165, 1.54) is 12.1 Å². The van der Waals surface area contributed by atoms with Crippen molar-refractivity contribution in [3.05, 3.63) is 30.3 Å². The van der Waals surface area contributed by atoms with E-state index in [9.17, 15) is 12.6 Å². The second kappa shape index (κ2) is 5.29. The van der Waals surface area contributed by atoms with Crippen LogP contribution in [0.25, 0.3) is 0 Å². The first-order valence-corrected chi connectivity index (χ1v) is 7.74. The Hall–Kier alpha value is -0.720. The predicted molar refractivity (Wildman–Crippen MR) is 67.2 cm³/mol. The van der Waals surface area contributed by atoms with Crippen LogP contribution in [-0.2, 0) is 24.8 Å². The highest BCUT2D eigenvalue weighted by Crippen LogP contribution is 2.18. The Morgan fingerprint density at radius 3 is 2.18 bits per heavy atom. The van der Waals surface area contributed by atoms with Crippen molar-refractivity contribution in [2.75, 3.05) is 5.75 Å². The molecule has 0 aliphatic heterocycles. The summed E-state index contributed by atoms with van der Waals surface area (Å²) in [5.41, 5.74) is -0.253. The van der Waals surface area contributed by atoms with Crippen molar-refractivity contribution in [3.63, 3.8) is 0 Å². The molecule has 0 heterocycles. The minimum absolute atomic E-state index is 0.0160. The first kappa shape index (κ1) is 14.3. The van der Waals surface area contributed by atoms with Crippen LogP contribution in [-0.4, -0.2) is 18.4 Å². The van der Waals surface area contributed by atoms with Crippen LogP contribution in [0.15, 0.2) is 35.2 Å². The molecule has 0 aliphatic rings.